The Morgan fingerprint density at radius 2 is 1.59 bits per heavy atom. The Kier molecular flexibility index (Phi) is 8.10. The molecule has 0 bridgehead atoms. The van der Waals surface area contributed by atoms with Gasteiger partial charge in [0.05, 0.1) is 24.6 Å². The third-order valence-corrected chi connectivity index (χ3v) is 5.27. The summed E-state index contributed by atoms with van der Waals surface area (Å²) in [6, 6.07) is 7.67. The van der Waals surface area contributed by atoms with Crippen molar-refractivity contribution in [3.05, 3.63) is 59.9 Å². The van der Waals surface area contributed by atoms with E-state index in [1.165, 1.54) is 18.2 Å². The Hall–Kier alpha value is -3.07. The first-order valence-corrected chi connectivity index (χ1v) is 10.3. The fourth-order valence-corrected chi connectivity index (χ4v) is 3.92. The van der Waals surface area contributed by atoms with Gasteiger partial charge < -0.3 is 14.6 Å². The molecule has 0 heterocycles. The Morgan fingerprint density at radius 3 is 2.25 bits per heavy atom. The summed E-state index contributed by atoms with van der Waals surface area (Å²) >= 11 is 0. The van der Waals surface area contributed by atoms with Gasteiger partial charge in [0.1, 0.15) is 24.1 Å². The summed E-state index contributed by atoms with van der Waals surface area (Å²) in [6.45, 7) is 0.0234. The predicted octanol–water partition coefficient (Wildman–Crippen LogP) is 5.29. The molecule has 1 fully saturated rings. The molecule has 32 heavy (non-hydrogen) atoms. The van der Waals surface area contributed by atoms with Crippen LogP contribution in [0, 0.1) is 29.3 Å². The molecule has 2 atom stereocenters. The SMILES string of the molecule is O=C(O)COCC1CCCC(COC(=O)N(c2cccc(F)c2)c2cc(F)cc(F)c2)C1. The molecule has 1 aliphatic carbocycles. The highest BCUT2D eigenvalue weighted by Crippen LogP contribution is 2.31. The number of anilines is 2. The van der Waals surface area contributed by atoms with E-state index >= 15 is 0 Å². The van der Waals surface area contributed by atoms with Gasteiger partial charge in [-0.3, -0.25) is 0 Å². The highest BCUT2D eigenvalue weighted by molar-refractivity contribution is 5.96. The highest BCUT2D eigenvalue weighted by Gasteiger charge is 2.26. The molecule has 3 rings (SSSR count). The summed E-state index contributed by atoms with van der Waals surface area (Å²) in [5, 5.41) is 8.67. The number of carboxylic acid groups (broad SMARTS) is 1. The summed E-state index contributed by atoms with van der Waals surface area (Å²) in [6.07, 6.45) is 2.40. The molecule has 0 aromatic heterocycles. The molecule has 2 unspecified atom stereocenters. The van der Waals surface area contributed by atoms with E-state index in [1.807, 2.05) is 0 Å². The van der Waals surface area contributed by atoms with E-state index in [9.17, 15) is 22.8 Å². The maximum atomic E-state index is 13.8. The van der Waals surface area contributed by atoms with Crippen LogP contribution in [0.5, 0.6) is 0 Å². The quantitative estimate of drug-likeness (QED) is 0.591. The molecule has 9 heteroatoms. The minimum Gasteiger partial charge on any atom is -0.480 e. The van der Waals surface area contributed by atoms with Crippen molar-refractivity contribution in [2.45, 2.75) is 25.7 Å². The standard InChI is InChI=1S/C23H24F3NO5/c24-17-5-2-6-20(9-17)27(21-10-18(25)8-19(26)11-21)23(30)32-13-16-4-1-3-15(7-16)12-31-14-22(28)29/h2,5-6,8-11,15-16H,1,3-4,7,12-14H2,(H,28,29). The number of benzene rings is 2. The van der Waals surface area contributed by atoms with Crippen LogP contribution in [0.2, 0.25) is 0 Å². The second kappa shape index (κ2) is 11.0. The van der Waals surface area contributed by atoms with Crippen LogP contribution in [0.15, 0.2) is 42.5 Å². The average molecular weight is 451 g/mol. The van der Waals surface area contributed by atoms with E-state index in [0.717, 1.165) is 42.4 Å². The zero-order valence-corrected chi connectivity index (χ0v) is 17.3. The lowest BCUT2D eigenvalue weighted by Crippen LogP contribution is -2.30. The van der Waals surface area contributed by atoms with Gasteiger partial charge in [-0.25, -0.2) is 27.7 Å². The van der Waals surface area contributed by atoms with Crippen LogP contribution >= 0.6 is 0 Å². The third-order valence-electron chi connectivity index (χ3n) is 5.27. The third kappa shape index (κ3) is 6.71. The molecular formula is C23H24F3NO5. The molecule has 1 amide bonds. The van der Waals surface area contributed by atoms with Crippen molar-refractivity contribution in [1.29, 1.82) is 0 Å². The van der Waals surface area contributed by atoms with Crippen molar-refractivity contribution < 1.29 is 37.3 Å². The second-order valence-corrected chi connectivity index (χ2v) is 7.83. The van der Waals surface area contributed by atoms with Crippen LogP contribution in [0.25, 0.3) is 0 Å². The first-order valence-electron chi connectivity index (χ1n) is 10.3. The number of ether oxygens (including phenoxy) is 2. The first kappa shape index (κ1) is 23.6. The number of hydrogen-bond donors (Lipinski definition) is 1. The molecule has 6 nitrogen and oxygen atoms in total. The van der Waals surface area contributed by atoms with Crippen LogP contribution in [0.4, 0.5) is 29.3 Å². The normalized spacial score (nSPS) is 18.2. The summed E-state index contributed by atoms with van der Waals surface area (Å²) < 4.78 is 51.9. The molecule has 1 saturated carbocycles. The number of halogens is 3. The maximum Gasteiger partial charge on any atom is 0.418 e. The number of hydrogen-bond acceptors (Lipinski definition) is 4. The van der Waals surface area contributed by atoms with Gasteiger partial charge in [0, 0.05) is 6.07 Å². The molecule has 2 aromatic carbocycles. The maximum absolute atomic E-state index is 13.8. The highest BCUT2D eigenvalue weighted by atomic mass is 19.1. The number of aliphatic carboxylic acids is 1. The zero-order valence-electron chi connectivity index (χ0n) is 17.3. The second-order valence-electron chi connectivity index (χ2n) is 7.83. The number of amides is 1. The van der Waals surface area contributed by atoms with E-state index < -0.39 is 29.5 Å². The fourth-order valence-electron chi connectivity index (χ4n) is 3.92. The molecule has 2 aromatic rings. The van der Waals surface area contributed by atoms with Crippen molar-refractivity contribution in [2.24, 2.45) is 11.8 Å². The molecule has 1 aliphatic rings. The molecule has 0 spiro atoms. The number of nitrogens with zero attached hydrogens (tertiary/aromatic N) is 1. The first-order chi connectivity index (χ1) is 15.3. The van der Waals surface area contributed by atoms with Gasteiger partial charge >= 0.3 is 12.1 Å². The lowest BCUT2D eigenvalue weighted by molar-refractivity contribution is -0.142. The van der Waals surface area contributed by atoms with Crippen LogP contribution in [-0.4, -0.2) is 37.0 Å². The lowest BCUT2D eigenvalue weighted by Gasteiger charge is -2.29. The van der Waals surface area contributed by atoms with Crippen molar-refractivity contribution >= 4 is 23.4 Å². The van der Waals surface area contributed by atoms with Crippen LogP contribution in [-0.2, 0) is 14.3 Å². The van der Waals surface area contributed by atoms with Gasteiger partial charge in [-0.15, -0.1) is 0 Å². The molecule has 1 N–H and O–H groups in total. The Bertz CT molecular complexity index is 935. The molecule has 0 aliphatic heterocycles. The summed E-state index contributed by atoms with van der Waals surface area (Å²) in [5.74, 6) is -3.23. The topological polar surface area (TPSA) is 76.1 Å². The predicted molar refractivity (Wildman–Crippen MR) is 110 cm³/mol. The Labute approximate surface area is 183 Å². The molecule has 0 saturated heterocycles. The number of carbonyl (C=O) groups excluding carboxylic acids is 1. The summed E-state index contributed by atoms with van der Waals surface area (Å²) in [4.78, 5) is 24.4. The van der Waals surface area contributed by atoms with Crippen LogP contribution in [0.3, 0.4) is 0 Å². The van der Waals surface area contributed by atoms with Gasteiger partial charge in [0.15, 0.2) is 0 Å². The van der Waals surface area contributed by atoms with Gasteiger partial charge in [0.25, 0.3) is 0 Å². The van der Waals surface area contributed by atoms with Gasteiger partial charge in [-0.1, -0.05) is 12.5 Å². The van der Waals surface area contributed by atoms with E-state index in [1.54, 1.807) is 0 Å². The number of carboxylic acids is 1. The summed E-state index contributed by atoms with van der Waals surface area (Å²) in [5.41, 5.74) is -0.0507. The summed E-state index contributed by atoms with van der Waals surface area (Å²) in [7, 11) is 0. The van der Waals surface area contributed by atoms with E-state index in [2.05, 4.69) is 0 Å². The number of carbonyl (C=O) groups is 2. The fraction of sp³-hybridized carbons (Fsp3) is 0.391. The van der Waals surface area contributed by atoms with Crippen LogP contribution in [0.1, 0.15) is 25.7 Å². The minimum atomic E-state index is -1.03. The van der Waals surface area contributed by atoms with Crippen molar-refractivity contribution in [3.63, 3.8) is 0 Å². The van der Waals surface area contributed by atoms with E-state index in [0.29, 0.717) is 19.1 Å². The largest absolute Gasteiger partial charge is 0.480 e. The zero-order chi connectivity index (χ0) is 23.1. The van der Waals surface area contributed by atoms with Crippen molar-refractivity contribution in [3.8, 4) is 0 Å². The minimum absolute atomic E-state index is 0.0322. The van der Waals surface area contributed by atoms with Gasteiger partial charge in [-0.2, -0.15) is 0 Å². The number of rotatable bonds is 8. The van der Waals surface area contributed by atoms with Crippen LogP contribution < -0.4 is 4.90 Å². The smallest absolute Gasteiger partial charge is 0.418 e. The average Bonchev–Trinajstić information content (AvgIpc) is 2.72. The Balaban J connectivity index is 1.68. The lowest BCUT2D eigenvalue weighted by atomic mass is 9.82. The Morgan fingerprint density at radius 1 is 0.938 bits per heavy atom. The van der Waals surface area contributed by atoms with Gasteiger partial charge in [-0.05, 0) is 61.4 Å². The molecule has 172 valence electrons. The van der Waals surface area contributed by atoms with E-state index in [-0.39, 0.29) is 36.4 Å². The van der Waals surface area contributed by atoms with Gasteiger partial charge in [0.2, 0.25) is 0 Å². The van der Waals surface area contributed by atoms with Crippen molar-refractivity contribution in [1.82, 2.24) is 0 Å². The van der Waals surface area contributed by atoms with E-state index in [4.69, 9.17) is 14.6 Å². The monoisotopic (exact) mass is 451 g/mol. The van der Waals surface area contributed by atoms with Crippen molar-refractivity contribution in [2.75, 3.05) is 24.7 Å². The molecular weight excluding hydrogens is 427 g/mol. The molecule has 0 radical (unpaired) electrons.